The lowest BCUT2D eigenvalue weighted by molar-refractivity contribution is 0.171. The molecule has 1 aromatic heterocycles. The molecular formula is C17H13Cl2N3O2S. The van der Waals surface area contributed by atoms with Gasteiger partial charge in [-0.1, -0.05) is 41.0 Å². The third-order valence-electron chi connectivity index (χ3n) is 3.63. The van der Waals surface area contributed by atoms with Crippen LogP contribution in [0.4, 0.5) is 0 Å². The molecule has 0 fully saturated rings. The van der Waals surface area contributed by atoms with Gasteiger partial charge >= 0.3 is 0 Å². The van der Waals surface area contributed by atoms with Gasteiger partial charge in [-0.25, -0.2) is 0 Å². The maximum Gasteiger partial charge on any atom is 0.195 e. The smallest absolute Gasteiger partial charge is 0.195 e. The van der Waals surface area contributed by atoms with Crippen molar-refractivity contribution in [2.45, 2.75) is 10.9 Å². The fourth-order valence-electron chi connectivity index (χ4n) is 2.52. The van der Waals surface area contributed by atoms with Crippen LogP contribution in [0.2, 0.25) is 10.0 Å². The van der Waals surface area contributed by atoms with Crippen LogP contribution < -0.4 is 9.47 Å². The van der Waals surface area contributed by atoms with Gasteiger partial charge in [0.1, 0.15) is 19.5 Å². The minimum absolute atomic E-state index is 0.517. The van der Waals surface area contributed by atoms with Crippen molar-refractivity contribution in [3.05, 3.63) is 58.3 Å². The number of ether oxygens (including phenoxy) is 2. The van der Waals surface area contributed by atoms with E-state index >= 15 is 0 Å². The molecule has 0 saturated carbocycles. The van der Waals surface area contributed by atoms with Gasteiger partial charge in [0, 0.05) is 10.8 Å². The van der Waals surface area contributed by atoms with Crippen LogP contribution >= 0.6 is 35.0 Å². The minimum atomic E-state index is 0.517. The van der Waals surface area contributed by atoms with Gasteiger partial charge in [-0.05, 0) is 35.9 Å². The van der Waals surface area contributed by atoms with Crippen molar-refractivity contribution in [3.63, 3.8) is 0 Å². The van der Waals surface area contributed by atoms with Crippen LogP contribution in [-0.2, 0) is 5.75 Å². The van der Waals surface area contributed by atoms with E-state index in [4.69, 9.17) is 32.7 Å². The molecular weight excluding hydrogens is 381 g/mol. The van der Waals surface area contributed by atoms with Gasteiger partial charge in [0.2, 0.25) is 0 Å². The van der Waals surface area contributed by atoms with E-state index in [0.29, 0.717) is 40.5 Å². The maximum absolute atomic E-state index is 6.29. The normalized spacial score (nSPS) is 13.0. The van der Waals surface area contributed by atoms with Crippen LogP contribution in [0.15, 0.2) is 47.9 Å². The number of hydrogen-bond donors (Lipinski definition) is 0. The number of thioether (sulfide) groups is 1. The van der Waals surface area contributed by atoms with E-state index in [-0.39, 0.29) is 0 Å². The standard InChI is InChI=1S/C17H13Cl2N3O2S/c18-12-2-1-3-13(8-12)22-10-20-21-17(22)25-9-11-6-14(19)16-15(7-11)23-4-5-24-16/h1-3,6-8,10H,4-5,9H2. The first-order valence-electron chi connectivity index (χ1n) is 7.57. The Balaban J connectivity index is 1.55. The average Bonchev–Trinajstić information content (AvgIpc) is 3.09. The van der Waals surface area contributed by atoms with Crippen molar-refractivity contribution < 1.29 is 9.47 Å². The Labute approximate surface area is 158 Å². The number of rotatable bonds is 4. The van der Waals surface area contributed by atoms with Crippen molar-refractivity contribution >= 4 is 35.0 Å². The largest absolute Gasteiger partial charge is 0.486 e. The second-order valence-electron chi connectivity index (χ2n) is 5.35. The number of aromatic nitrogens is 3. The van der Waals surface area contributed by atoms with Crippen LogP contribution in [-0.4, -0.2) is 28.0 Å². The summed E-state index contributed by atoms with van der Waals surface area (Å²) in [5.41, 5.74) is 1.94. The molecule has 0 bridgehead atoms. The molecule has 3 aromatic rings. The lowest BCUT2D eigenvalue weighted by Gasteiger charge is -2.20. The molecule has 0 amide bonds. The first kappa shape index (κ1) is 16.6. The zero-order chi connectivity index (χ0) is 17.2. The highest BCUT2D eigenvalue weighted by atomic mass is 35.5. The van der Waals surface area contributed by atoms with Crippen molar-refractivity contribution in [2.75, 3.05) is 13.2 Å². The van der Waals surface area contributed by atoms with Crippen molar-refractivity contribution in [1.29, 1.82) is 0 Å². The molecule has 0 aliphatic carbocycles. The molecule has 0 atom stereocenters. The van der Waals surface area contributed by atoms with Crippen LogP contribution in [0.25, 0.3) is 5.69 Å². The SMILES string of the molecule is Clc1cccc(-n2cnnc2SCc2cc(Cl)c3c(c2)OCCO3)c1. The number of hydrogen-bond acceptors (Lipinski definition) is 5. The van der Waals surface area contributed by atoms with Gasteiger partial charge in [-0.2, -0.15) is 0 Å². The summed E-state index contributed by atoms with van der Waals surface area (Å²) < 4.78 is 13.1. The molecule has 2 heterocycles. The summed E-state index contributed by atoms with van der Waals surface area (Å²) in [5, 5.41) is 10.2. The van der Waals surface area contributed by atoms with Crippen molar-refractivity contribution in [2.24, 2.45) is 0 Å². The molecule has 0 saturated heterocycles. The Morgan fingerprint density at radius 1 is 1.12 bits per heavy atom. The summed E-state index contributed by atoms with van der Waals surface area (Å²) in [4.78, 5) is 0. The Morgan fingerprint density at radius 2 is 2.00 bits per heavy atom. The molecule has 1 aliphatic rings. The van der Waals surface area contributed by atoms with Gasteiger partial charge in [0.05, 0.1) is 10.7 Å². The Hall–Kier alpha value is -1.89. The van der Waals surface area contributed by atoms with E-state index in [1.807, 2.05) is 41.0 Å². The summed E-state index contributed by atoms with van der Waals surface area (Å²) in [6.45, 7) is 1.05. The zero-order valence-corrected chi connectivity index (χ0v) is 15.3. The molecule has 128 valence electrons. The third kappa shape index (κ3) is 3.56. The van der Waals surface area contributed by atoms with Gasteiger partial charge in [-0.15, -0.1) is 10.2 Å². The number of nitrogens with zero attached hydrogens (tertiary/aromatic N) is 3. The fourth-order valence-corrected chi connectivity index (χ4v) is 3.85. The minimum Gasteiger partial charge on any atom is -0.486 e. The van der Waals surface area contributed by atoms with Gasteiger partial charge in [0.25, 0.3) is 0 Å². The monoisotopic (exact) mass is 393 g/mol. The van der Waals surface area contributed by atoms with E-state index < -0.39 is 0 Å². The van der Waals surface area contributed by atoms with Crippen LogP contribution in [0.5, 0.6) is 11.5 Å². The highest BCUT2D eigenvalue weighted by molar-refractivity contribution is 7.98. The highest BCUT2D eigenvalue weighted by Crippen LogP contribution is 2.39. The van der Waals surface area contributed by atoms with Gasteiger partial charge in [0.15, 0.2) is 16.7 Å². The fraction of sp³-hybridized carbons (Fsp3) is 0.176. The second-order valence-corrected chi connectivity index (χ2v) is 7.14. The number of fused-ring (bicyclic) bond motifs is 1. The summed E-state index contributed by atoms with van der Waals surface area (Å²) >= 11 is 13.9. The predicted octanol–water partition coefficient (Wildman–Crippen LogP) is 4.64. The summed E-state index contributed by atoms with van der Waals surface area (Å²) in [5.74, 6) is 1.98. The molecule has 1 aliphatic heterocycles. The molecule has 4 rings (SSSR count). The maximum atomic E-state index is 6.29. The molecule has 0 spiro atoms. The Kier molecular flexibility index (Phi) is 4.74. The van der Waals surface area contributed by atoms with E-state index in [9.17, 15) is 0 Å². The zero-order valence-electron chi connectivity index (χ0n) is 13.0. The second kappa shape index (κ2) is 7.15. The van der Waals surface area contributed by atoms with E-state index in [0.717, 1.165) is 16.4 Å². The summed E-state index contributed by atoms with van der Waals surface area (Å²) in [7, 11) is 0. The average molecular weight is 394 g/mol. The lowest BCUT2D eigenvalue weighted by Crippen LogP contribution is -2.15. The van der Waals surface area contributed by atoms with E-state index in [1.54, 1.807) is 18.1 Å². The molecule has 0 N–H and O–H groups in total. The molecule has 8 heteroatoms. The van der Waals surface area contributed by atoms with Crippen molar-refractivity contribution in [3.8, 4) is 17.2 Å². The van der Waals surface area contributed by atoms with E-state index in [2.05, 4.69) is 10.2 Å². The van der Waals surface area contributed by atoms with Crippen molar-refractivity contribution in [1.82, 2.24) is 14.8 Å². The first-order chi connectivity index (χ1) is 12.2. The molecule has 2 aromatic carbocycles. The topological polar surface area (TPSA) is 49.2 Å². The number of halogens is 2. The summed E-state index contributed by atoms with van der Waals surface area (Å²) in [6, 6.07) is 11.4. The van der Waals surface area contributed by atoms with Crippen LogP contribution in [0.3, 0.4) is 0 Å². The predicted molar refractivity (Wildman–Crippen MR) is 98.4 cm³/mol. The Bertz CT molecular complexity index is 917. The quantitative estimate of drug-likeness (QED) is 0.604. The van der Waals surface area contributed by atoms with Crippen LogP contribution in [0.1, 0.15) is 5.56 Å². The highest BCUT2D eigenvalue weighted by Gasteiger charge is 2.17. The lowest BCUT2D eigenvalue weighted by atomic mass is 10.2. The van der Waals surface area contributed by atoms with E-state index in [1.165, 1.54) is 0 Å². The molecule has 0 radical (unpaired) electrons. The van der Waals surface area contributed by atoms with Gasteiger partial charge in [-0.3, -0.25) is 4.57 Å². The molecule has 5 nitrogen and oxygen atoms in total. The van der Waals surface area contributed by atoms with Crippen LogP contribution in [0, 0.1) is 0 Å². The molecule has 25 heavy (non-hydrogen) atoms. The molecule has 0 unspecified atom stereocenters. The Morgan fingerprint density at radius 3 is 2.88 bits per heavy atom. The number of benzene rings is 2. The third-order valence-corrected chi connectivity index (χ3v) is 5.16. The first-order valence-corrected chi connectivity index (χ1v) is 9.31. The summed E-state index contributed by atoms with van der Waals surface area (Å²) in [6.07, 6.45) is 1.67. The van der Waals surface area contributed by atoms with Gasteiger partial charge < -0.3 is 9.47 Å².